The van der Waals surface area contributed by atoms with Gasteiger partial charge < -0.3 is 14.8 Å². The molecule has 9 heteroatoms. The molecule has 0 radical (unpaired) electrons. The number of amides is 1. The minimum absolute atomic E-state index is 0.0240. The predicted molar refractivity (Wildman–Crippen MR) is 133 cm³/mol. The third-order valence-corrected chi connectivity index (χ3v) is 7.06. The van der Waals surface area contributed by atoms with Crippen LogP contribution in [-0.2, 0) is 14.8 Å². The van der Waals surface area contributed by atoms with Gasteiger partial charge in [0.05, 0.1) is 24.2 Å². The number of hydrogen-bond acceptors (Lipinski definition) is 5. The van der Waals surface area contributed by atoms with Gasteiger partial charge in [0.1, 0.15) is 30.5 Å². The summed E-state index contributed by atoms with van der Waals surface area (Å²) in [6.07, 6.45) is 0. The molecule has 3 rings (SSSR count). The van der Waals surface area contributed by atoms with E-state index in [2.05, 4.69) is 19.2 Å². The first kappa shape index (κ1) is 26.0. The van der Waals surface area contributed by atoms with Crippen LogP contribution in [0.3, 0.4) is 0 Å². The molecule has 186 valence electrons. The van der Waals surface area contributed by atoms with Crippen LogP contribution in [-0.4, -0.2) is 41.1 Å². The molecule has 0 heterocycles. The minimum atomic E-state index is -4.11. The number of carbonyl (C=O) groups excluding carboxylic acids is 1. The molecule has 0 aromatic heterocycles. The second-order valence-electron chi connectivity index (χ2n) is 8.05. The van der Waals surface area contributed by atoms with Gasteiger partial charge in [-0.3, -0.25) is 9.10 Å². The Morgan fingerprint density at radius 3 is 2.29 bits per heavy atom. The van der Waals surface area contributed by atoms with Crippen LogP contribution in [0.4, 0.5) is 10.1 Å². The van der Waals surface area contributed by atoms with Gasteiger partial charge in [-0.2, -0.15) is 0 Å². The maximum absolute atomic E-state index is 13.5. The van der Waals surface area contributed by atoms with E-state index in [0.29, 0.717) is 5.75 Å². The Kier molecular flexibility index (Phi) is 8.70. The van der Waals surface area contributed by atoms with Crippen molar-refractivity contribution in [3.05, 3.63) is 84.2 Å². The lowest BCUT2D eigenvalue weighted by Crippen LogP contribution is -2.42. The SMILES string of the molecule is COc1ccc(S(=O)(=O)N(CC(=O)NCCOc2ccccc2C(C)C)c2ccc(F)cc2)cc1. The number of carbonyl (C=O) groups is 1. The Morgan fingerprint density at radius 2 is 1.66 bits per heavy atom. The number of nitrogens with one attached hydrogen (secondary N) is 1. The summed E-state index contributed by atoms with van der Waals surface area (Å²) in [5.74, 6) is 0.486. The molecule has 0 saturated heterocycles. The number of nitrogens with zero attached hydrogens (tertiary/aromatic N) is 1. The average Bonchev–Trinajstić information content (AvgIpc) is 2.86. The number of sulfonamides is 1. The monoisotopic (exact) mass is 500 g/mol. The van der Waals surface area contributed by atoms with Gasteiger partial charge >= 0.3 is 0 Å². The average molecular weight is 501 g/mol. The van der Waals surface area contributed by atoms with Crippen LogP contribution >= 0.6 is 0 Å². The van der Waals surface area contributed by atoms with E-state index in [1.54, 1.807) is 0 Å². The maximum Gasteiger partial charge on any atom is 0.264 e. The molecule has 0 unspecified atom stereocenters. The van der Waals surface area contributed by atoms with E-state index in [-0.39, 0.29) is 29.7 Å². The first-order valence-electron chi connectivity index (χ1n) is 11.1. The Hall–Kier alpha value is -3.59. The standard InChI is InChI=1S/C26H29FN2O5S/c1-19(2)24-6-4-5-7-25(24)34-17-16-28-26(30)18-29(21-10-8-20(27)9-11-21)35(31,32)23-14-12-22(33-3)13-15-23/h4-15,19H,16-18H2,1-3H3,(H,28,30). The molecule has 7 nitrogen and oxygen atoms in total. The number of benzene rings is 3. The molecule has 3 aromatic rings. The molecule has 0 aliphatic rings. The number of halogens is 1. The fourth-order valence-electron chi connectivity index (χ4n) is 3.42. The van der Waals surface area contributed by atoms with Crippen molar-refractivity contribution < 1.29 is 27.1 Å². The third kappa shape index (κ3) is 6.73. The maximum atomic E-state index is 13.5. The van der Waals surface area contributed by atoms with Gasteiger partial charge in [-0.05, 0) is 66.1 Å². The summed E-state index contributed by atoms with van der Waals surface area (Å²) >= 11 is 0. The van der Waals surface area contributed by atoms with Crippen LogP contribution in [0.1, 0.15) is 25.3 Å². The molecule has 0 aliphatic heterocycles. The molecule has 0 atom stereocenters. The summed E-state index contributed by atoms with van der Waals surface area (Å²) < 4.78 is 52.0. The molecule has 0 saturated carbocycles. The van der Waals surface area contributed by atoms with Gasteiger partial charge in [0.15, 0.2) is 0 Å². The van der Waals surface area contributed by atoms with Gasteiger partial charge in [-0.15, -0.1) is 0 Å². The summed E-state index contributed by atoms with van der Waals surface area (Å²) in [5, 5.41) is 2.69. The van der Waals surface area contributed by atoms with E-state index in [1.165, 1.54) is 43.5 Å². The zero-order valence-corrected chi connectivity index (χ0v) is 20.7. The molecular formula is C26H29FN2O5S. The Balaban J connectivity index is 1.70. The van der Waals surface area contributed by atoms with Crippen molar-refractivity contribution >= 4 is 21.6 Å². The molecule has 1 N–H and O–H groups in total. The van der Waals surface area contributed by atoms with Crippen LogP contribution in [0.15, 0.2) is 77.7 Å². The fourth-order valence-corrected chi connectivity index (χ4v) is 4.85. The van der Waals surface area contributed by atoms with Crippen LogP contribution in [0, 0.1) is 5.82 Å². The normalized spacial score (nSPS) is 11.2. The zero-order valence-electron chi connectivity index (χ0n) is 19.9. The van der Waals surface area contributed by atoms with Crippen molar-refractivity contribution in [2.24, 2.45) is 0 Å². The summed E-state index contributed by atoms with van der Waals surface area (Å²) in [6.45, 7) is 4.06. The van der Waals surface area contributed by atoms with Crippen LogP contribution in [0.2, 0.25) is 0 Å². The van der Waals surface area contributed by atoms with Crippen LogP contribution in [0.25, 0.3) is 0 Å². The topological polar surface area (TPSA) is 84.9 Å². The quantitative estimate of drug-likeness (QED) is 0.396. The first-order valence-corrected chi connectivity index (χ1v) is 12.6. The molecule has 0 fully saturated rings. The van der Waals surface area contributed by atoms with Crippen molar-refractivity contribution in [2.45, 2.75) is 24.7 Å². The van der Waals surface area contributed by atoms with Crippen molar-refractivity contribution in [2.75, 3.05) is 31.1 Å². The molecule has 0 aliphatic carbocycles. The fraction of sp³-hybridized carbons (Fsp3) is 0.269. The van der Waals surface area contributed by atoms with Crippen molar-refractivity contribution in [1.29, 1.82) is 0 Å². The van der Waals surface area contributed by atoms with E-state index < -0.39 is 28.3 Å². The molecule has 35 heavy (non-hydrogen) atoms. The summed E-state index contributed by atoms with van der Waals surface area (Å²) in [5.41, 5.74) is 1.23. The third-order valence-electron chi connectivity index (χ3n) is 5.27. The van der Waals surface area contributed by atoms with Crippen molar-refractivity contribution in [1.82, 2.24) is 5.32 Å². The van der Waals surface area contributed by atoms with Gasteiger partial charge in [-0.1, -0.05) is 32.0 Å². The highest BCUT2D eigenvalue weighted by atomic mass is 32.2. The van der Waals surface area contributed by atoms with Gasteiger partial charge in [0.2, 0.25) is 5.91 Å². The van der Waals surface area contributed by atoms with Gasteiger partial charge in [-0.25, -0.2) is 12.8 Å². The minimum Gasteiger partial charge on any atom is -0.497 e. The smallest absolute Gasteiger partial charge is 0.264 e. The second-order valence-corrected chi connectivity index (χ2v) is 9.92. The summed E-state index contributed by atoms with van der Waals surface area (Å²) in [7, 11) is -2.64. The summed E-state index contributed by atoms with van der Waals surface area (Å²) in [6, 6.07) is 18.4. The Bertz CT molecular complexity index is 1230. The molecule has 0 bridgehead atoms. The lowest BCUT2D eigenvalue weighted by molar-refractivity contribution is -0.119. The Morgan fingerprint density at radius 1 is 1.00 bits per heavy atom. The highest BCUT2D eigenvalue weighted by Crippen LogP contribution is 2.26. The molecule has 0 spiro atoms. The number of hydrogen-bond donors (Lipinski definition) is 1. The van der Waals surface area contributed by atoms with Crippen molar-refractivity contribution in [3.63, 3.8) is 0 Å². The number of anilines is 1. The molecule has 1 amide bonds. The van der Waals surface area contributed by atoms with Gasteiger partial charge in [0.25, 0.3) is 10.0 Å². The van der Waals surface area contributed by atoms with E-state index in [4.69, 9.17) is 9.47 Å². The highest BCUT2D eigenvalue weighted by molar-refractivity contribution is 7.92. The zero-order chi connectivity index (χ0) is 25.4. The first-order chi connectivity index (χ1) is 16.7. The van der Waals surface area contributed by atoms with Gasteiger partial charge in [0, 0.05) is 0 Å². The lowest BCUT2D eigenvalue weighted by atomic mass is 10.0. The lowest BCUT2D eigenvalue weighted by Gasteiger charge is -2.24. The molecule has 3 aromatic carbocycles. The van der Waals surface area contributed by atoms with Crippen molar-refractivity contribution in [3.8, 4) is 11.5 Å². The molecular weight excluding hydrogens is 471 g/mol. The van der Waals surface area contributed by atoms with E-state index in [0.717, 1.165) is 27.8 Å². The van der Waals surface area contributed by atoms with E-state index >= 15 is 0 Å². The number of rotatable bonds is 11. The van der Waals surface area contributed by atoms with Crippen LogP contribution < -0.4 is 19.1 Å². The number of ether oxygens (including phenoxy) is 2. The predicted octanol–water partition coefficient (Wildman–Crippen LogP) is 4.35. The van der Waals surface area contributed by atoms with Crippen LogP contribution in [0.5, 0.6) is 11.5 Å². The highest BCUT2D eigenvalue weighted by Gasteiger charge is 2.27. The Labute approximate surface area is 205 Å². The van der Waals surface area contributed by atoms with E-state index in [1.807, 2.05) is 24.3 Å². The number of methoxy groups -OCH3 is 1. The van der Waals surface area contributed by atoms with E-state index in [9.17, 15) is 17.6 Å². The number of para-hydroxylation sites is 1. The second kappa shape index (κ2) is 11.7. The summed E-state index contributed by atoms with van der Waals surface area (Å²) in [4.78, 5) is 12.7. The largest absolute Gasteiger partial charge is 0.497 e.